The summed E-state index contributed by atoms with van der Waals surface area (Å²) in [5.41, 5.74) is 9.15. The van der Waals surface area contributed by atoms with E-state index in [0.717, 1.165) is 11.3 Å². The van der Waals surface area contributed by atoms with Crippen molar-refractivity contribution in [3.63, 3.8) is 0 Å². The highest BCUT2D eigenvalue weighted by Crippen LogP contribution is 2.10. The van der Waals surface area contributed by atoms with Crippen molar-refractivity contribution in [1.29, 1.82) is 0 Å². The van der Waals surface area contributed by atoms with Gasteiger partial charge in [-0.05, 0) is 19.9 Å². The Morgan fingerprint density at radius 2 is 2.22 bits per heavy atom. The van der Waals surface area contributed by atoms with Crippen molar-refractivity contribution in [2.45, 2.75) is 20.4 Å². The molecular weight excluding hydrogens is 230 g/mol. The molecule has 4 N–H and O–H groups in total. The summed E-state index contributed by atoms with van der Waals surface area (Å²) in [4.78, 5) is 16.0. The number of nitrogens with one attached hydrogen (secondary N) is 2. The molecule has 2 heterocycles. The summed E-state index contributed by atoms with van der Waals surface area (Å²) in [5.74, 6) is -0.187. The average Bonchev–Trinajstić information content (AvgIpc) is 2.75. The number of anilines is 1. The second-order valence-electron chi connectivity index (χ2n) is 4.10. The van der Waals surface area contributed by atoms with Gasteiger partial charge in [0.2, 0.25) is 0 Å². The number of pyridine rings is 1. The van der Waals surface area contributed by atoms with Crippen LogP contribution < -0.4 is 11.1 Å². The van der Waals surface area contributed by atoms with Gasteiger partial charge in [-0.25, -0.2) is 0 Å². The Morgan fingerprint density at radius 1 is 1.44 bits per heavy atom. The molecule has 94 valence electrons. The Bertz CT molecular complexity index is 576. The van der Waals surface area contributed by atoms with Gasteiger partial charge in [-0.1, -0.05) is 0 Å². The number of aromatic nitrogens is 3. The number of rotatable bonds is 3. The van der Waals surface area contributed by atoms with Crippen LogP contribution >= 0.6 is 0 Å². The van der Waals surface area contributed by atoms with Crippen molar-refractivity contribution in [3.8, 4) is 0 Å². The molecule has 0 aliphatic carbocycles. The van der Waals surface area contributed by atoms with Crippen LogP contribution in [0.3, 0.4) is 0 Å². The molecule has 6 nitrogen and oxygen atoms in total. The van der Waals surface area contributed by atoms with E-state index in [0.29, 0.717) is 23.5 Å². The monoisotopic (exact) mass is 245 g/mol. The summed E-state index contributed by atoms with van der Waals surface area (Å²) in [7, 11) is 0. The summed E-state index contributed by atoms with van der Waals surface area (Å²) in [6, 6.07) is 1.62. The summed E-state index contributed by atoms with van der Waals surface area (Å²) in [5, 5.41) is 9.53. The maximum atomic E-state index is 12.0. The summed E-state index contributed by atoms with van der Waals surface area (Å²) in [6.45, 7) is 4.11. The first kappa shape index (κ1) is 12.1. The lowest BCUT2D eigenvalue weighted by Gasteiger charge is -2.07. The lowest BCUT2D eigenvalue weighted by molar-refractivity contribution is 0.0950. The van der Waals surface area contributed by atoms with Crippen molar-refractivity contribution in [2.75, 3.05) is 5.73 Å². The zero-order chi connectivity index (χ0) is 13.1. The van der Waals surface area contributed by atoms with Gasteiger partial charge in [0.25, 0.3) is 5.91 Å². The molecule has 6 heteroatoms. The molecule has 0 fully saturated rings. The molecule has 0 radical (unpaired) electrons. The molecule has 0 spiro atoms. The van der Waals surface area contributed by atoms with Crippen LogP contribution in [0.4, 0.5) is 5.69 Å². The SMILES string of the molecule is Cc1ncc(N)cc1C(=O)NCc1cn[nH]c1C. The fraction of sp³-hybridized carbons (Fsp3) is 0.250. The first-order valence-electron chi connectivity index (χ1n) is 5.57. The molecular formula is C12H15N5O. The molecule has 0 aliphatic rings. The Balaban J connectivity index is 2.08. The number of aromatic amines is 1. The minimum Gasteiger partial charge on any atom is -0.397 e. The molecule has 0 aromatic carbocycles. The van der Waals surface area contributed by atoms with Gasteiger partial charge in [0.1, 0.15) is 0 Å². The zero-order valence-electron chi connectivity index (χ0n) is 10.3. The third kappa shape index (κ3) is 2.48. The van der Waals surface area contributed by atoms with Gasteiger partial charge in [-0.15, -0.1) is 0 Å². The average molecular weight is 245 g/mol. The molecule has 1 amide bonds. The van der Waals surface area contributed by atoms with E-state index >= 15 is 0 Å². The lowest BCUT2D eigenvalue weighted by atomic mass is 10.1. The van der Waals surface area contributed by atoms with E-state index in [1.807, 2.05) is 6.92 Å². The van der Waals surface area contributed by atoms with E-state index in [1.54, 1.807) is 19.2 Å². The molecule has 2 rings (SSSR count). The standard InChI is InChI=1S/C12H15N5O/c1-7-9(5-16-17-7)4-15-12(18)11-3-10(13)6-14-8(11)2/h3,5-6H,4,13H2,1-2H3,(H,15,18)(H,16,17). The van der Waals surface area contributed by atoms with Crippen LogP contribution in [0.25, 0.3) is 0 Å². The highest BCUT2D eigenvalue weighted by Gasteiger charge is 2.11. The van der Waals surface area contributed by atoms with Crippen LogP contribution in [-0.4, -0.2) is 21.1 Å². The highest BCUT2D eigenvalue weighted by atomic mass is 16.1. The van der Waals surface area contributed by atoms with Gasteiger partial charge in [0.15, 0.2) is 0 Å². The van der Waals surface area contributed by atoms with Crippen LogP contribution in [0.15, 0.2) is 18.5 Å². The minimum atomic E-state index is -0.187. The van der Waals surface area contributed by atoms with Crippen molar-refractivity contribution in [1.82, 2.24) is 20.5 Å². The maximum absolute atomic E-state index is 12.0. The second kappa shape index (κ2) is 4.87. The third-order valence-corrected chi connectivity index (χ3v) is 2.73. The number of hydrogen-bond donors (Lipinski definition) is 3. The summed E-state index contributed by atoms with van der Waals surface area (Å²) < 4.78 is 0. The van der Waals surface area contributed by atoms with E-state index in [4.69, 9.17) is 5.73 Å². The van der Waals surface area contributed by atoms with E-state index in [9.17, 15) is 4.79 Å². The zero-order valence-corrected chi connectivity index (χ0v) is 10.3. The molecule has 0 aliphatic heterocycles. The number of nitrogens with two attached hydrogens (primary N) is 1. The van der Waals surface area contributed by atoms with Gasteiger partial charge >= 0.3 is 0 Å². The maximum Gasteiger partial charge on any atom is 0.253 e. The van der Waals surface area contributed by atoms with Gasteiger partial charge in [0, 0.05) is 17.8 Å². The number of aryl methyl sites for hydroxylation is 2. The van der Waals surface area contributed by atoms with E-state index in [1.165, 1.54) is 6.20 Å². The Kier molecular flexibility index (Phi) is 3.27. The smallest absolute Gasteiger partial charge is 0.253 e. The quantitative estimate of drug-likeness (QED) is 0.749. The third-order valence-electron chi connectivity index (χ3n) is 2.73. The predicted molar refractivity (Wildman–Crippen MR) is 67.9 cm³/mol. The topological polar surface area (TPSA) is 96.7 Å². The van der Waals surface area contributed by atoms with Gasteiger partial charge in [0.05, 0.1) is 29.3 Å². The number of amides is 1. The predicted octanol–water partition coefficient (Wildman–Crippen LogP) is 0.934. The number of carbonyl (C=O) groups excluding carboxylic acids is 1. The molecule has 0 saturated heterocycles. The molecule has 0 saturated carbocycles. The van der Waals surface area contributed by atoms with Crippen molar-refractivity contribution >= 4 is 11.6 Å². The number of hydrogen-bond acceptors (Lipinski definition) is 4. The fourth-order valence-corrected chi connectivity index (χ4v) is 1.60. The van der Waals surface area contributed by atoms with Crippen molar-refractivity contribution < 1.29 is 4.79 Å². The largest absolute Gasteiger partial charge is 0.397 e. The molecule has 0 bridgehead atoms. The molecule has 0 unspecified atom stereocenters. The van der Waals surface area contributed by atoms with Crippen LogP contribution in [-0.2, 0) is 6.54 Å². The van der Waals surface area contributed by atoms with Crippen molar-refractivity contribution in [2.24, 2.45) is 0 Å². The van der Waals surface area contributed by atoms with Crippen LogP contribution in [0.5, 0.6) is 0 Å². The van der Waals surface area contributed by atoms with Gasteiger partial charge < -0.3 is 11.1 Å². The second-order valence-corrected chi connectivity index (χ2v) is 4.10. The fourth-order valence-electron chi connectivity index (χ4n) is 1.60. The van der Waals surface area contributed by atoms with E-state index < -0.39 is 0 Å². The van der Waals surface area contributed by atoms with Crippen LogP contribution in [0.1, 0.15) is 27.3 Å². The van der Waals surface area contributed by atoms with Gasteiger partial charge in [-0.3, -0.25) is 14.9 Å². The number of nitrogen functional groups attached to an aromatic ring is 1. The number of nitrogens with zero attached hydrogens (tertiary/aromatic N) is 2. The minimum absolute atomic E-state index is 0.187. The summed E-state index contributed by atoms with van der Waals surface area (Å²) >= 11 is 0. The molecule has 2 aromatic heterocycles. The van der Waals surface area contributed by atoms with Crippen LogP contribution in [0.2, 0.25) is 0 Å². The van der Waals surface area contributed by atoms with Gasteiger partial charge in [-0.2, -0.15) is 5.10 Å². The van der Waals surface area contributed by atoms with Crippen LogP contribution in [0, 0.1) is 13.8 Å². The first-order chi connectivity index (χ1) is 8.58. The Hall–Kier alpha value is -2.37. The van der Waals surface area contributed by atoms with E-state index in [2.05, 4.69) is 20.5 Å². The molecule has 0 atom stereocenters. The first-order valence-corrected chi connectivity index (χ1v) is 5.57. The highest BCUT2D eigenvalue weighted by molar-refractivity contribution is 5.95. The Labute approximate surface area is 105 Å². The molecule has 18 heavy (non-hydrogen) atoms. The molecule has 2 aromatic rings. The normalized spacial score (nSPS) is 10.3. The number of carbonyl (C=O) groups is 1. The van der Waals surface area contributed by atoms with E-state index in [-0.39, 0.29) is 5.91 Å². The Morgan fingerprint density at radius 3 is 2.89 bits per heavy atom. The van der Waals surface area contributed by atoms with Crippen molar-refractivity contribution in [3.05, 3.63) is 41.0 Å². The number of H-pyrrole nitrogens is 1. The summed E-state index contributed by atoms with van der Waals surface area (Å²) in [6.07, 6.45) is 3.23. The lowest BCUT2D eigenvalue weighted by Crippen LogP contribution is -2.24.